The van der Waals surface area contributed by atoms with E-state index in [0.717, 1.165) is 6.07 Å². The topological polar surface area (TPSA) is 88.1 Å². The first-order chi connectivity index (χ1) is 11.2. The standard InChI is InChI=1S/C18H18FN3O2/c1-18(2,3)24-17(23)12-5-7-15(13(19)9-12)22-16-6-4-11(10-20)8-14(16)21/h4-9,22H,21H2,1-3H3. The fourth-order valence-corrected chi connectivity index (χ4v) is 1.97. The predicted molar refractivity (Wildman–Crippen MR) is 90.4 cm³/mol. The van der Waals surface area contributed by atoms with Gasteiger partial charge < -0.3 is 15.8 Å². The smallest absolute Gasteiger partial charge is 0.338 e. The van der Waals surface area contributed by atoms with Gasteiger partial charge in [-0.2, -0.15) is 5.26 Å². The maximum Gasteiger partial charge on any atom is 0.338 e. The molecule has 0 saturated heterocycles. The van der Waals surface area contributed by atoms with Crippen LogP contribution < -0.4 is 11.1 Å². The van der Waals surface area contributed by atoms with Crippen LogP contribution in [0.1, 0.15) is 36.7 Å². The van der Waals surface area contributed by atoms with Gasteiger partial charge >= 0.3 is 5.97 Å². The van der Waals surface area contributed by atoms with E-state index in [4.69, 9.17) is 15.7 Å². The van der Waals surface area contributed by atoms with E-state index in [2.05, 4.69) is 5.32 Å². The molecule has 0 aromatic heterocycles. The van der Waals surface area contributed by atoms with Gasteiger partial charge in [0, 0.05) is 0 Å². The van der Waals surface area contributed by atoms with Gasteiger partial charge in [0.1, 0.15) is 11.4 Å². The number of nitriles is 1. The zero-order chi connectivity index (χ0) is 17.9. The second-order valence-corrected chi connectivity index (χ2v) is 6.24. The van der Waals surface area contributed by atoms with Gasteiger partial charge in [-0.1, -0.05) is 0 Å². The van der Waals surface area contributed by atoms with E-state index in [1.54, 1.807) is 32.9 Å². The SMILES string of the molecule is CC(C)(C)OC(=O)c1ccc(Nc2ccc(C#N)cc2N)c(F)c1. The highest BCUT2D eigenvalue weighted by Gasteiger charge is 2.19. The minimum Gasteiger partial charge on any atom is -0.456 e. The maximum absolute atomic E-state index is 14.2. The lowest BCUT2D eigenvalue weighted by atomic mass is 10.1. The molecule has 0 saturated carbocycles. The van der Waals surface area contributed by atoms with Crippen molar-refractivity contribution in [2.45, 2.75) is 26.4 Å². The largest absolute Gasteiger partial charge is 0.456 e. The Balaban J connectivity index is 2.22. The molecule has 0 fully saturated rings. The zero-order valence-electron chi connectivity index (χ0n) is 13.7. The van der Waals surface area contributed by atoms with Crippen LogP contribution in [0.3, 0.4) is 0 Å². The molecule has 2 aromatic rings. The van der Waals surface area contributed by atoms with Gasteiger partial charge in [0.25, 0.3) is 0 Å². The van der Waals surface area contributed by atoms with Gasteiger partial charge in [-0.25, -0.2) is 9.18 Å². The first kappa shape index (κ1) is 17.3. The predicted octanol–water partition coefficient (Wildman–Crippen LogP) is 3.98. The molecule has 0 amide bonds. The van der Waals surface area contributed by atoms with Crippen LogP contribution in [0.2, 0.25) is 0 Å². The van der Waals surface area contributed by atoms with Crippen molar-refractivity contribution in [2.75, 3.05) is 11.1 Å². The average molecular weight is 327 g/mol. The van der Waals surface area contributed by atoms with Gasteiger partial charge in [0.15, 0.2) is 0 Å². The number of esters is 1. The van der Waals surface area contributed by atoms with Crippen molar-refractivity contribution in [3.05, 3.63) is 53.3 Å². The van der Waals surface area contributed by atoms with Crippen LogP contribution in [-0.4, -0.2) is 11.6 Å². The van der Waals surface area contributed by atoms with Crippen LogP contribution in [0, 0.1) is 17.1 Å². The highest BCUT2D eigenvalue weighted by molar-refractivity contribution is 5.90. The molecule has 5 nitrogen and oxygen atoms in total. The second kappa shape index (κ2) is 6.59. The quantitative estimate of drug-likeness (QED) is 0.657. The molecule has 0 aliphatic carbocycles. The molecular weight excluding hydrogens is 309 g/mol. The van der Waals surface area contributed by atoms with Crippen molar-refractivity contribution in [1.29, 1.82) is 5.26 Å². The summed E-state index contributed by atoms with van der Waals surface area (Å²) in [5.41, 5.74) is 6.68. The number of nitrogen functional groups attached to an aromatic ring is 1. The lowest BCUT2D eigenvalue weighted by molar-refractivity contribution is 0.00691. The summed E-state index contributed by atoms with van der Waals surface area (Å²) < 4.78 is 19.4. The summed E-state index contributed by atoms with van der Waals surface area (Å²) >= 11 is 0. The number of carbonyl (C=O) groups excluding carboxylic acids is 1. The van der Waals surface area contributed by atoms with Crippen LogP contribution in [0.25, 0.3) is 0 Å². The van der Waals surface area contributed by atoms with E-state index in [1.807, 2.05) is 6.07 Å². The molecule has 0 spiro atoms. The number of nitrogens with zero attached hydrogens (tertiary/aromatic N) is 1. The molecule has 3 N–H and O–H groups in total. The number of nitrogens with two attached hydrogens (primary N) is 1. The summed E-state index contributed by atoms with van der Waals surface area (Å²) in [5, 5.41) is 11.7. The highest BCUT2D eigenvalue weighted by Crippen LogP contribution is 2.26. The molecule has 2 aromatic carbocycles. The molecule has 0 bridgehead atoms. The van der Waals surface area contributed by atoms with Crippen LogP contribution in [0.5, 0.6) is 0 Å². The van der Waals surface area contributed by atoms with Crippen LogP contribution in [0.4, 0.5) is 21.5 Å². The minimum atomic E-state index is -0.651. The number of hydrogen-bond acceptors (Lipinski definition) is 5. The Morgan fingerprint density at radius 2 is 1.88 bits per heavy atom. The molecular formula is C18H18FN3O2. The number of halogens is 1. The summed E-state index contributed by atoms with van der Waals surface area (Å²) in [6.07, 6.45) is 0. The Morgan fingerprint density at radius 3 is 2.42 bits per heavy atom. The molecule has 0 radical (unpaired) electrons. The summed E-state index contributed by atoms with van der Waals surface area (Å²) in [7, 11) is 0. The summed E-state index contributed by atoms with van der Waals surface area (Å²) in [5.74, 6) is -1.20. The lowest BCUT2D eigenvalue weighted by Crippen LogP contribution is -2.24. The molecule has 6 heteroatoms. The molecule has 0 heterocycles. The normalized spacial score (nSPS) is 10.8. The van der Waals surface area contributed by atoms with Gasteiger partial charge in [-0.3, -0.25) is 0 Å². The van der Waals surface area contributed by atoms with Gasteiger partial charge in [-0.05, 0) is 57.2 Å². The fourth-order valence-electron chi connectivity index (χ4n) is 1.97. The van der Waals surface area contributed by atoms with Crippen LogP contribution >= 0.6 is 0 Å². The van der Waals surface area contributed by atoms with Gasteiger partial charge in [-0.15, -0.1) is 0 Å². The van der Waals surface area contributed by atoms with Crippen LogP contribution in [-0.2, 0) is 4.74 Å². The lowest BCUT2D eigenvalue weighted by Gasteiger charge is -2.19. The Kier molecular flexibility index (Phi) is 4.74. The molecule has 0 atom stereocenters. The van der Waals surface area contributed by atoms with E-state index < -0.39 is 17.4 Å². The summed E-state index contributed by atoms with van der Waals surface area (Å²) in [6, 6.07) is 10.7. The van der Waals surface area contributed by atoms with Crippen LogP contribution in [0.15, 0.2) is 36.4 Å². The summed E-state index contributed by atoms with van der Waals surface area (Å²) in [4.78, 5) is 11.9. The molecule has 24 heavy (non-hydrogen) atoms. The van der Waals surface area contributed by atoms with Crippen molar-refractivity contribution < 1.29 is 13.9 Å². The molecule has 0 unspecified atom stereocenters. The first-order valence-corrected chi connectivity index (χ1v) is 7.29. The fraction of sp³-hybridized carbons (Fsp3) is 0.222. The zero-order valence-corrected chi connectivity index (χ0v) is 13.7. The maximum atomic E-state index is 14.2. The highest BCUT2D eigenvalue weighted by atomic mass is 19.1. The van der Waals surface area contributed by atoms with Crippen molar-refractivity contribution >= 4 is 23.0 Å². The third kappa shape index (κ3) is 4.23. The van der Waals surface area contributed by atoms with E-state index in [1.165, 1.54) is 18.2 Å². The number of nitrogens with one attached hydrogen (secondary N) is 1. The number of ether oxygens (including phenoxy) is 1. The van der Waals surface area contributed by atoms with E-state index in [0.29, 0.717) is 16.9 Å². The van der Waals surface area contributed by atoms with Crippen molar-refractivity contribution in [3.63, 3.8) is 0 Å². The molecule has 0 aliphatic rings. The number of carbonyl (C=O) groups is 1. The number of anilines is 3. The Labute approximate surface area is 139 Å². The number of rotatable bonds is 3. The third-order valence-electron chi connectivity index (χ3n) is 3.05. The first-order valence-electron chi connectivity index (χ1n) is 7.29. The Hall–Kier alpha value is -3.07. The van der Waals surface area contributed by atoms with E-state index in [9.17, 15) is 9.18 Å². The number of benzene rings is 2. The molecule has 2 rings (SSSR count). The molecule has 124 valence electrons. The number of hydrogen-bond donors (Lipinski definition) is 2. The monoisotopic (exact) mass is 327 g/mol. The van der Waals surface area contributed by atoms with E-state index >= 15 is 0 Å². The Morgan fingerprint density at radius 1 is 1.21 bits per heavy atom. The van der Waals surface area contributed by atoms with Crippen molar-refractivity contribution in [1.82, 2.24) is 0 Å². The summed E-state index contributed by atoms with van der Waals surface area (Å²) in [6.45, 7) is 5.22. The Bertz CT molecular complexity index is 820. The minimum absolute atomic E-state index is 0.126. The van der Waals surface area contributed by atoms with Gasteiger partial charge in [0.2, 0.25) is 0 Å². The average Bonchev–Trinajstić information content (AvgIpc) is 2.49. The van der Waals surface area contributed by atoms with Crippen molar-refractivity contribution in [2.24, 2.45) is 0 Å². The van der Waals surface area contributed by atoms with E-state index in [-0.39, 0.29) is 11.3 Å². The second-order valence-electron chi connectivity index (χ2n) is 6.24. The van der Waals surface area contributed by atoms with Gasteiger partial charge in [0.05, 0.1) is 34.3 Å². The van der Waals surface area contributed by atoms with Crippen molar-refractivity contribution in [3.8, 4) is 6.07 Å². The molecule has 0 aliphatic heterocycles. The third-order valence-corrected chi connectivity index (χ3v) is 3.05.